The number of ether oxygens (including phenoxy) is 1. The summed E-state index contributed by atoms with van der Waals surface area (Å²) >= 11 is 0. The minimum atomic E-state index is -0.395. The molecule has 0 aromatic heterocycles. The molecule has 0 saturated carbocycles. The molecule has 0 unspecified atom stereocenters. The maximum Gasteiger partial charge on any atom is 0.311 e. The smallest absolute Gasteiger partial charge is 0.311 e. The number of hydrogen-bond donors (Lipinski definition) is 0. The van der Waals surface area contributed by atoms with E-state index < -0.39 is 4.92 Å². The highest BCUT2D eigenvalue weighted by Crippen LogP contribution is 2.36. The molecule has 1 aromatic rings. The molecule has 0 aliphatic carbocycles. The van der Waals surface area contributed by atoms with E-state index in [1.165, 1.54) is 45.4 Å². The van der Waals surface area contributed by atoms with Gasteiger partial charge in [0.05, 0.1) is 12.0 Å². The molecular weight excluding hydrogens is 325 g/mol. The van der Waals surface area contributed by atoms with Gasteiger partial charge in [0.2, 0.25) is 0 Å². The molecule has 24 heavy (non-hydrogen) atoms. The molecule has 2 heterocycles. The van der Waals surface area contributed by atoms with Crippen molar-refractivity contribution in [2.45, 2.75) is 18.9 Å². The lowest BCUT2D eigenvalue weighted by Gasteiger charge is -2.42. The van der Waals surface area contributed by atoms with Gasteiger partial charge in [-0.3, -0.25) is 15.0 Å². The fourth-order valence-corrected chi connectivity index (χ4v) is 5.11. The van der Waals surface area contributed by atoms with Crippen LogP contribution in [0, 0.1) is 10.1 Å². The van der Waals surface area contributed by atoms with Crippen molar-refractivity contribution >= 4 is 19.3 Å². The zero-order chi connectivity index (χ0) is 17.1. The van der Waals surface area contributed by atoms with Crippen LogP contribution >= 0.6 is 7.92 Å². The van der Waals surface area contributed by atoms with Crippen LogP contribution < -0.4 is 9.64 Å². The molecule has 7 heteroatoms. The lowest BCUT2D eigenvalue weighted by Crippen LogP contribution is -2.48. The molecule has 6 nitrogen and oxygen atoms in total. The van der Waals surface area contributed by atoms with Crippen molar-refractivity contribution < 1.29 is 9.66 Å². The number of nitrogens with zero attached hydrogens (tertiary/aromatic N) is 3. The van der Waals surface area contributed by atoms with Crippen LogP contribution in [0.25, 0.3) is 0 Å². The number of methoxy groups -OCH3 is 1. The van der Waals surface area contributed by atoms with Crippen molar-refractivity contribution in [3.05, 3.63) is 28.3 Å². The maximum atomic E-state index is 11.0. The molecule has 2 aliphatic heterocycles. The van der Waals surface area contributed by atoms with Gasteiger partial charge in [-0.2, -0.15) is 0 Å². The first-order valence-corrected chi connectivity index (χ1v) is 10.7. The first-order chi connectivity index (χ1) is 11.6. The first kappa shape index (κ1) is 17.4. The van der Waals surface area contributed by atoms with E-state index in [1.54, 1.807) is 12.1 Å². The third kappa shape index (κ3) is 3.81. The van der Waals surface area contributed by atoms with Crippen molar-refractivity contribution in [3.8, 4) is 5.75 Å². The van der Waals surface area contributed by atoms with Gasteiger partial charge in [-0.15, -0.1) is 7.92 Å². The summed E-state index contributed by atoms with van der Waals surface area (Å²) in [6.45, 7) is 6.94. The second-order valence-corrected chi connectivity index (χ2v) is 9.28. The highest BCUT2D eigenvalue weighted by molar-refractivity contribution is 7.56. The SMILES string of the molecule is COc1cc(N2CCC(N3CCP(C)CC3)CC2)ccc1[N+](=O)[O-]. The summed E-state index contributed by atoms with van der Waals surface area (Å²) in [4.78, 5) is 15.6. The van der Waals surface area contributed by atoms with Gasteiger partial charge in [0.25, 0.3) is 0 Å². The monoisotopic (exact) mass is 351 g/mol. The normalized spacial score (nSPS) is 21.0. The standard InChI is InChI=1S/C17H26N3O3P/c1-23-17-13-15(3-4-16(17)20(21)22)18-7-5-14(6-8-18)19-9-11-24(2)12-10-19/h3-4,13-14H,5-12H2,1-2H3. The Bertz CT molecular complexity index is 582. The van der Waals surface area contributed by atoms with Crippen LogP contribution in [0.4, 0.5) is 11.4 Å². The first-order valence-electron chi connectivity index (χ1n) is 8.58. The Kier molecular flexibility index (Phi) is 5.57. The number of nitro benzene ring substituents is 1. The maximum absolute atomic E-state index is 11.0. The van der Waals surface area contributed by atoms with Gasteiger partial charge in [-0.05, 0) is 37.9 Å². The molecule has 2 aliphatic rings. The number of piperidine rings is 1. The Morgan fingerprint density at radius 1 is 1.21 bits per heavy atom. The van der Waals surface area contributed by atoms with Gasteiger partial charge >= 0.3 is 5.69 Å². The number of rotatable bonds is 4. The lowest BCUT2D eigenvalue weighted by molar-refractivity contribution is -0.385. The summed E-state index contributed by atoms with van der Waals surface area (Å²) in [5.41, 5.74) is 1.05. The van der Waals surface area contributed by atoms with Gasteiger partial charge in [0.15, 0.2) is 5.75 Å². The average molecular weight is 351 g/mol. The zero-order valence-electron chi connectivity index (χ0n) is 14.5. The van der Waals surface area contributed by atoms with E-state index in [0.29, 0.717) is 11.8 Å². The summed E-state index contributed by atoms with van der Waals surface area (Å²) in [6, 6.07) is 5.88. The topological polar surface area (TPSA) is 58.8 Å². The third-order valence-corrected chi connectivity index (χ3v) is 7.17. The van der Waals surface area contributed by atoms with Gasteiger partial charge < -0.3 is 9.64 Å². The van der Waals surface area contributed by atoms with Crippen LogP contribution in [0.2, 0.25) is 0 Å². The van der Waals surface area contributed by atoms with E-state index in [0.717, 1.165) is 18.8 Å². The molecule has 0 N–H and O–H groups in total. The Labute approximate surface area is 144 Å². The molecule has 0 bridgehead atoms. The summed E-state index contributed by atoms with van der Waals surface area (Å²) in [5.74, 6) is 0.340. The van der Waals surface area contributed by atoms with Crippen molar-refractivity contribution in [1.29, 1.82) is 0 Å². The van der Waals surface area contributed by atoms with Crippen LogP contribution in [0.5, 0.6) is 5.75 Å². The molecule has 132 valence electrons. The van der Waals surface area contributed by atoms with Gasteiger partial charge in [0.1, 0.15) is 0 Å². The van der Waals surface area contributed by atoms with Crippen LogP contribution in [0.3, 0.4) is 0 Å². The lowest BCUT2D eigenvalue weighted by atomic mass is 10.0. The summed E-state index contributed by atoms with van der Waals surface area (Å²) in [7, 11) is 1.76. The van der Waals surface area contributed by atoms with E-state index in [4.69, 9.17) is 4.74 Å². The Morgan fingerprint density at radius 2 is 1.88 bits per heavy atom. The minimum Gasteiger partial charge on any atom is -0.490 e. The Hall–Kier alpha value is -1.39. The second kappa shape index (κ2) is 7.66. The molecule has 2 saturated heterocycles. The average Bonchev–Trinajstić information content (AvgIpc) is 2.62. The van der Waals surface area contributed by atoms with Crippen LogP contribution in [0.15, 0.2) is 18.2 Å². The van der Waals surface area contributed by atoms with E-state index in [9.17, 15) is 10.1 Å². The zero-order valence-corrected chi connectivity index (χ0v) is 15.4. The molecule has 3 rings (SSSR count). The largest absolute Gasteiger partial charge is 0.490 e. The fourth-order valence-electron chi connectivity index (χ4n) is 3.69. The van der Waals surface area contributed by atoms with Crippen molar-refractivity contribution in [2.75, 3.05) is 57.2 Å². The summed E-state index contributed by atoms with van der Waals surface area (Å²) in [6.07, 6.45) is 5.10. The van der Waals surface area contributed by atoms with Crippen molar-refractivity contribution in [3.63, 3.8) is 0 Å². The van der Waals surface area contributed by atoms with E-state index >= 15 is 0 Å². The predicted molar refractivity (Wildman–Crippen MR) is 99.0 cm³/mol. The Balaban J connectivity index is 1.61. The highest BCUT2D eigenvalue weighted by atomic mass is 31.1. The van der Waals surface area contributed by atoms with Gasteiger partial charge in [-0.25, -0.2) is 0 Å². The minimum absolute atomic E-state index is 0.0283. The molecular formula is C17H26N3O3P. The number of nitro groups is 1. The molecule has 0 radical (unpaired) electrons. The van der Waals surface area contributed by atoms with Crippen molar-refractivity contribution in [1.82, 2.24) is 4.90 Å². The molecule has 2 fully saturated rings. The van der Waals surface area contributed by atoms with E-state index in [-0.39, 0.29) is 13.6 Å². The summed E-state index contributed by atoms with van der Waals surface area (Å²) in [5, 5.41) is 11.0. The molecule has 0 atom stereocenters. The number of anilines is 1. The van der Waals surface area contributed by atoms with Gasteiger partial charge in [-0.1, -0.05) is 0 Å². The quantitative estimate of drug-likeness (QED) is 0.474. The number of hydrogen-bond acceptors (Lipinski definition) is 5. The predicted octanol–water partition coefficient (Wildman–Crippen LogP) is 3.00. The summed E-state index contributed by atoms with van der Waals surface area (Å²) < 4.78 is 5.19. The van der Waals surface area contributed by atoms with E-state index in [2.05, 4.69) is 16.5 Å². The van der Waals surface area contributed by atoms with Gasteiger partial charge in [0, 0.05) is 50.0 Å². The molecule has 0 amide bonds. The Morgan fingerprint density at radius 3 is 2.46 bits per heavy atom. The van der Waals surface area contributed by atoms with E-state index in [1.807, 2.05) is 6.07 Å². The van der Waals surface area contributed by atoms with Crippen LogP contribution in [-0.4, -0.2) is 68.1 Å². The third-order valence-electron chi connectivity index (χ3n) is 5.24. The highest BCUT2D eigenvalue weighted by Gasteiger charge is 2.27. The molecule has 0 spiro atoms. The fraction of sp³-hybridized carbons (Fsp3) is 0.647. The van der Waals surface area contributed by atoms with Crippen molar-refractivity contribution in [2.24, 2.45) is 0 Å². The van der Waals surface area contributed by atoms with Crippen LogP contribution in [0.1, 0.15) is 12.8 Å². The molecule has 1 aromatic carbocycles. The second-order valence-electron chi connectivity index (χ2n) is 6.67. The van der Waals surface area contributed by atoms with Crippen LogP contribution in [-0.2, 0) is 0 Å². The number of benzene rings is 1.